The molecule has 0 unspecified atom stereocenters. The predicted molar refractivity (Wildman–Crippen MR) is 93.2 cm³/mol. The Morgan fingerprint density at radius 3 is 2.42 bits per heavy atom. The van der Waals surface area contributed by atoms with Gasteiger partial charge < -0.3 is 10.1 Å². The van der Waals surface area contributed by atoms with E-state index in [-0.39, 0.29) is 18.2 Å². The lowest BCUT2D eigenvalue weighted by atomic mass is 10.2. The first-order chi connectivity index (χ1) is 11.4. The molecule has 0 aliphatic heterocycles. The monoisotopic (exact) mass is 348 g/mol. The molecule has 0 aliphatic carbocycles. The zero-order chi connectivity index (χ0) is 17.6. The van der Waals surface area contributed by atoms with Gasteiger partial charge in [0.15, 0.2) is 0 Å². The Morgan fingerprint density at radius 1 is 1.08 bits per heavy atom. The van der Waals surface area contributed by atoms with Crippen LogP contribution in [-0.2, 0) is 27.1 Å². The van der Waals surface area contributed by atoms with Gasteiger partial charge in [-0.1, -0.05) is 36.4 Å². The Balaban J connectivity index is 2.06. The summed E-state index contributed by atoms with van der Waals surface area (Å²) in [5.41, 5.74) is 1.94. The number of anilines is 1. The molecule has 0 aromatic heterocycles. The van der Waals surface area contributed by atoms with Gasteiger partial charge in [0.05, 0.1) is 18.6 Å². The van der Waals surface area contributed by atoms with Crippen molar-refractivity contribution in [3.63, 3.8) is 0 Å². The van der Waals surface area contributed by atoms with Crippen molar-refractivity contribution in [3.05, 3.63) is 59.7 Å². The summed E-state index contributed by atoms with van der Waals surface area (Å²) in [6, 6.07) is 14.1. The fraction of sp³-hybridized carbons (Fsp3) is 0.235. The molecule has 0 bridgehead atoms. The molecule has 128 valence electrons. The molecule has 0 fully saturated rings. The van der Waals surface area contributed by atoms with E-state index in [1.807, 2.05) is 6.07 Å². The summed E-state index contributed by atoms with van der Waals surface area (Å²) in [6.07, 6.45) is 0. The second kappa shape index (κ2) is 7.94. The number of methoxy groups -OCH3 is 1. The van der Waals surface area contributed by atoms with Gasteiger partial charge in [0.1, 0.15) is 5.75 Å². The van der Waals surface area contributed by atoms with Crippen LogP contribution in [0.3, 0.4) is 0 Å². The van der Waals surface area contributed by atoms with Crippen molar-refractivity contribution < 1.29 is 17.9 Å². The largest absolute Gasteiger partial charge is 0.495 e. The molecule has 0 heterocycles. The first kappa shape index (κ1) is 18.0. The van der Waals surface area contributed by atoms with Gasteiger partial charge in [-0.2, -0.15) is 0 Å². The maximum absolute atomic E-state index is 12.2. The smallest absolute Gasteiger partial charge is 0.221 e. The van der Waals surface area contributed by atoms with Crippen molar-refractivity contribution in [1.29, 1.82) is 0 Å². The summed E-state index contributed by atoms with van der Waals surface area (Å²) >= 11 is 0. The van der Waals surface area contributed by atoms with Crippen LogP contribution in [-0.4, -0.2) is 21.4 Å². The number of sulfonamides is 1. The molecule has 1 amide bonds. The van der Waals surface area contributed by atoms with E-state index in [1.165, 1.54) is 14.0 Å². The lowest BCUT2D eigenvalue weighted by molar-refractivity contribution is -0.114. The summed E-state index contributed by atoms with van der Waals surface area (Å²) < 4.78 is 32.0. The van der Waals surface area contributed by atoms with Crippen LogP contribution in [0.15, 0.2) is 48.5 Å². The van der Waals surface area contributed by atoms with Crippen LogP contribution in [0.1, 0.15) is 18.1 Å². The molecule has 2 rings (SSSR count). The number of benzene rings is 2. The second-order valence-electron chi connectivity index (χ2n) is 5.28. The molecule has 0 spiro atoms. The molecule has 7 heteroatoms. The third-order valence-corrected chi connectivity index (χ3v) is 4.57. The van der Waals surface area contributed by atoms with E-state index >= 15 is 0 Å². The van der Waals surface area contributed by atoms with Gasteiger partial charge in [-0.15, -0.1) is 0 Å². The number of rotatable bonds is 7. The lowest BCUT2D eigenvalue weighted by Gasteiger charge is -2.12. The molecule has 0 atom stereocenters. The van der Waals surface area contributed by atoms with Crippen LogP contribution >= 0.6 is 0 Å². The van der Waals surface area contributed by atoms with Crippen LogP contribution in [0, 0.1) is 0 Å². The van der Waals surface area contributed by atoms with Crippen molar-refractivity contribution in [2.75, 3.05) is 12.4 Å². The first-order valence-corrected chi connectivity index (χ1v) is 9.00. The van der Waals surface area contributed by atoms with Crippen LogP contribution in [0.25, 0.3) is 0 Å². The summed E-state index contributed by atoms with van der Waals surface area (Å²) in [4.78, 5) is 11.2. The van der Waals surface area contributed by atoms with Crippen LogP contribution in [0.5, 0.6) is 5.75 Å². The third kappa shape index (κ3) is 5.36. The minimum atomic E-state index is -3.45. The van der Waals surface area contributed by atoms with E-state index in [0.29, 0.717) is 11.4 Å². The van der Waals surface area contributed by atoms with Crippen LogP contribution in [0.4, 0.5) is 5.69 Å². The normalized spacial score (nSPS) is 11.1. The highest BCUT2D eigenvalue weighted by Gasteiger charge is 2.12. The first-order valence-electron chi connectivity index (χ1n) is 7.35. The van der Waals surface area contributed by atoms with E-state index in [4.69, 9.17) is 4.74 Å². The number of hydrogen-bond acceptors (Lipinski definition) is 4. The van der Waals surface area contributed by atoms with Crippen LogP contribution in [0.2, 0.25) is 0 Å². The Kier molecular flexibility index (Phi) is 5.94. The number of nitrogens with one attached hydrogen (secondary N) is 2. The van der Waals surface area contributed by atoms with Crippen molar-refractivity contribution in [1.82, 2.24) is 4.72 Å². The molecule has 0 saturated carbocycles. The molecule has 0 saturated heterocycles. The molecule has 0 aliphatic rings. The van der Waals surface area contributed by atoms with Crippen molar-refractivity contribution in [2.24, 2.45) is 0 Å². The Hall–Kier alpha value is -2.38. The topological polar surface area (TPSA) is 84.5 Å². The Labute approximate surface area is 141 Å². The fourth-order valence-electron chi connectivity index (χ4n) is 2.19. The lowest BCUT2D eigenvalue weighted by Crippen LogP contribution is -2.24. The molecule has 2 N–H and O–H groups in total. The summed E-state index contributed by atoms with van der Waals surface area (Å²) in [7, 11) is -1.95. The minimum absolute atomic E-state index is 0.0808. The zero-order valence-corrected chi connectivity index (χ0v) is 14.4. The molecular weight excluding hydrogens is 328 g/mol. The van der Waals surface area contributed by atoms with E-state index in [0.717, 1.165) is 11.1 Å². The average Bonchev–Trinajstić information content (AvgIpc) is 2.53. The molecule has 2 aromatic rings. The second-order valence-corrected chi connectivity index (χ2v) is 7.09. The van der Waals surface area contributed by atoms with Crippen LogP contribution < -0.4 is 14.8 Å². The van der Waals surface area contributed by atoms with Crippen molar-refractivity contribution in [3.8, 4) is 5.75 Å². The van der Waals surface area contributed by atoms with Gasteiger partial charge in [0.2, 0.25) is 15.9 Å². The zero-order valence-electron chi connectivity index (χ0n) is 13.6. The van der Waals surface area contributed by atoms with Crippen molar-refractivity contribution in [2.45, 2.75) is 19.2 Å². The maximum Gasteiger partial charge on any atom is 0.221 e. The summed E-state index contributed by atoms with van der Waals surface area (Å²) in [5.74, 6) is 0.207. The summed E-state index contributed by atoms with van der Waals surface area (Å²) in [5, 5.41) is 2.66. The standard InChI is InChI=1S/C17H20N2O4S/c1-13(20)19-16-10-15(8-9-17(16)23-2)11-18-24(21,22)12-14-6-4-3-5-7-14/h3-10,18H,11-12H2,1-2H3,(H,19,20). The van der Waals surface area contributed by atoms with Crippen molar-refractivity contribution >= 4 is 21.6 Å². The number of hydrogen-bond donors (Lipinski definition) is 2. The van der Waals surface area contributed by atoms with E-state index < -0.39 is 10.0 Å². The van der Waals surface area contributed by atoms with Gasteiger partial charge in [-0.3, -0.25) is 4.79 Å². The highest BCUT2D eigenvalue weighted by Crippen LogP contribution is 2.25. The van der Waals surface area contributed by atoms with Gasteiger partial charge in [-0.05, 0) is 23.3 Å². The Morgan fingerprint density at radius 2 is 1.79 bits per heavy atom. The molecular formula is C17H20N2O4S. The summed E-state index contributed by atoms with van der Waals surface area (Å²) in [6.45, 7) is 1.53. The third-order valence-electron chi connectivity index (χ3n) is 3.27. The quantitative estimate of drug-likeness (QED) is 0.804. The number of carbonyl (C=O) groups excluding carboxylic acids is 1. The molecule has 0 radical (unpaired) electrons. The van der Waals surface area contributed by atoms with Gasteiger partial charge >= 0.3 is 0 Å². The van der Waals surface area contributed by atoms with Gasteiger partial charge in [-0.25, -0.2) is 13.1 Å². The Bertz CT molecular complexity index is 805. The van der Waals surface area contributed by atoms with Gasteiger partial charge in [0.25, 0.3) is 0 Å². The molecule has 24 heavy (non-hydrogen) atoms. The number of ether oxygens (including phenoxy) is 1. The fourth-order valence-corrected chi connectivity index (χ4v) is 3.31. The molecule has 6 nitrogen and oxygen atoms in total. The maximum atomic E-state index is 12.2. The number of carbonyl (C=O) groups is 1. The minimum Gasteiger partial charge on any atom is -0.495 e. The van der Waals surface area contributed by atoms with E-state index in [9.17, 15) is 13.2 Å². The number of amides is 1. The SMILES string of the molecule is COc1ccc(CNS(=O)(=O)Cc2ccccc2)cc1NC(C)=O. The average molecular weight is 348 g/mol. The predicted octanol–water partition coefficient (Wildman–Crippen LogP) is 2.27. The van der Waals surface area contributed by atoms with Gasteiger partial charge in [0, 0.05) is 13.5 Å². The molecule has 2 aromatic carbocycles. The highest BCUT2D eigenvalue weighted by atomic mass is 32.2. The van der Waals surface area contributed by atoms with E-state index in [2.05, 4.69) is 10.0 Å². The highest BCUT2D eigenvalue weighted by molar-refractivity contribution is 7.88. The van der Waals surface area contributed by atoms with E-state index in [1.54, 1.807) is 42.5 Å².